The van der Waals surface area contributed by atoms with E-state index in [4.69, 9.17) is 0 Å². The van der Waals surface area contributed by atoms with E-state index in [0.29, 0.717) is 0 Å². The Labute approximate surface area is 119 Å². The maximum absolute atomic E-state index is 4.59. The van der Waals surface area contributed by atoms with Crippen LogP contribution in [0.4, 0.5) is 0 Å². The fraction of sp³-hybridized carbons (Fsp3) is 0.467. The number of hydrogen-bond acceptors (Lipinski definition) is 4. The van der Waals surface area contributed by atoms with Gasteiger partial charge in [0.2, 0.25) is 0 Å². The van der Waals surface area contributed by atoms with Gasteiger partial charge in [-0.1, -0.05) is 18.6 Å². The second-order valence-corrected chi connectivity index (χ2v) is 5.57. The fourth-order valence-corrected chi connectivity index (χ4v) is 2.46. The molecule has 0 fully saturated rings. The van der Waals surface area contributed by atoms with Crippen LogP contribution in [0.15, 0.2) is 30.5 Å². The average Bonchev–Trinajstić information content (AvgIpc) is 2.46. The molecular formula is C15H21N3S. The van der Waals surface area contributed by atoms with Gasteiger partial charge >= 0.3 is 0 Å². The molecule has 0 aliphatic carbocycles. The number of unbranched alkanes of at least 4 members (excludes halogenated alkanes) is 2. The number of rotatable bonds is 8. The summed E-state index contributed by atoms with van der Waals surface area (Å²) in [6, 6.07) is 7.99. The Morgan fingerprint density at radius 1 is 1.11 bits per heavy atom. The second kappa shape index (κ2) is 8.12. The largest absolute Gasteiger partial charge is 0.311 e. The molecule has 0 atom stereocenters. The molecule has 0 unspecified atom stereocenters. The standard InChI is InChI=1S/C15H21N3S/c1-19-10-6-2-5-9-16-11-13-12-17-14-7-3-4-8-15(14)18-13/h3-4,7-8,12,16H,2,5-6,9-11H2,1H3. The van der Waals surface area contributed by atoms with Crippen LogP contribution in [-0.2, 0) is 6.54 Å². The van der Waals surface area contributed by atoms with Gasteiger partial charge in [0.05, 0.1) is 22.9 Å². The van der Waals surface area contributed by atoms with Crippen molar-refractivity contribution in [2.24, 2.45) is 0 Å². The van der Waals surface area contributed by atoms with Crippen molar-refractivity contribution in [1.82, 2.24) is 15.3 Å². The number of benzene rings is 1. The highest BCUT2D eigenvalue weighted by Gasteiger charge is 1.98. The van der Waals surface area contributed by atoms with Gasteiger partial charge in [-0.15, -0.1) is 0 Å². The molecule has 3 nitrogen and oxygen atoms in total. The number of nitrogens with one attached hydrogen (secondary N) is 1. The summed E-state index contributed by atoms with van der Waals surface area (Å²) in [7, 11) is 0. The minimum Gasteiger partial charge on any atom is -0.311 e. The summed E-state index contributed by atoms with van der Waals surface area (Å²) in [5.41, 5.74) is 2.95. The summed E-state index contributed by atoms with van der Waals surface area (Å²) in [4.78, 5) is 9.01. The zero-order valence-corrected chi connectivity index (χ0v) is 12.2. The van der Waals surface area contributed by atoms with E-state index in [-0.39, 0.29) is 0 Å². The number of thioether (sulfide) groups is 1. The number of aromatic nitrogens is 2. The molecule has 4 heteroatoms. The maximum atomic E-state index is 4.59. The first-order chi connectivity index (χ1) is 9.40. The molecule has 0 bridgehead atoms. The Morgan fingerprint density at radius 3 is 2.79 bits per heavy atom. The zero-order chi connectivity index (χ0) is 13.3. The van der Waals surface area contributed by atoms with E-state index in [1.807, 2.05) is 42.2 Å². The monoisotopic (exact) mass is 275 g/mol. The topological polar surface area (TPSA) is 37.8 Å². The van der Waals surface area contributed by atoms with Crippen molar-refractivity contribution in [1.29, 1.82) is 0 Å². The highest BCUT2D eigenvalue weighted by molar-refractivity contribution is 7.98. The van der Waals surface area contributed by atoms with Crippen molar-refractivity contribution >= 4 is 22.8 Å². The third kappa shape index (κ3) is 4.80. The molecule has 0 spiro atoms. The lowest BCUT2D eigenvalue weighted by atomic mass is 10.2. The average molecular weight is 275 g/mol. The van der Waals surface area contributed by atoms with Crippen LogP contribution in [-0.4, -0.2) is 28.5 Å². The number of nitrogens with zero attached hydrogens (tertiary/aromatic N) is 2. The van der Waals surface area contributed by atoms with Gasteiger partial charge in [-0.25, -0.2) is 4.98 Å². The van der Waals surface area contributed by atoms with Crippen molar-refractivity contribution in [3.05, 3.63) is 36.2 Å². The van der Waals surface area contributed by atoms with Crippen molar-refractivity contribution in [3.8, 4) is 0 Å². The van der Waals surface area contributed by atoms with Crippen LogP contribution in [0.1, 0.15) is 25.0 Å². The van der Waals surface area contributed by atoms with Gasteiger partial charge in [0.15, 0.2) is 0 Å². The molecule has 1 aromatic heterocycles. The third-order valence-corrected chi connectivity index (χ3v) is 3.70. The van der Waals surface area contributed by atoms with Gasteiger partial charge < -0.3 is 5.32 Å². The van der Waals surface area contributed by atoms with Gasteiger partial charge in [0.1, 0.15) is 0 Å². The first-order valence-electron chi connectivity index (χ1n) is 6.80. The molecule has 1 heterocycles. The summed E-state index contributed by atoms with van der Waals surface area (Å²) in [5, 5.41) is 3.43. The van der Waals surface area contributed by atoms with Crippen molar-refractivity contribution in [2.75, 3.05) is 18.6 Å². The van der Waals surface area contributed by atoms with Gasteiger partial charge in [-0.2, -0.15) is 11.8 Å². The van der Waals surface area contributed by atoms with E-state index in [9.17, 15) is 0 Å². The predicted molar refractivity (Wildman–Crippen MR) is 83.5 cm³/mol. The Hall–Kier alpha value is -1.13. The van der Waals surface area contributed by atoms with Gasteiger partial charge in [0, 0.05) is 6.54 Å². The van der Waals surface area contributed by atoms with Gasteiger partial charge in [-0.05, 0) is 43.5 Å². The van der Waals surface area contributed by atoms with E-state index in [1.54, 1.807) is 0 Å². The molecule has 19 heavy (non-hydrogen) atoms. The van der Waals surface area contributed by atoms with Gasteiger partial charge in [-0.3, -0.25) is 4.98 Å². The summed E-state index contributed by atoms with van der Waals surface area (Å²) < 4.78 is 0. The van der Waals surface area contributed by atoms with Crippen molar-refractivity contribution < 1.29 is 0 Å². The molecule has 2 rings (SSSR count). The lowest BCUT2D eigenvalue weighted by Crippen LogP contribution is -2.15. The molecule has 102 valence electrons. The third-order valence-electron chi connectivity index (χ3n) is 3.01. The van der Waals surface area contributed by atoms with Crippen molar-refractivity contribution in [3.63, 3.8) is 0 Å². The quantitative estimate of drug-likeness (QED) is 0.750. The first-order valence-corrected chi connectivity index (χ1v) is 8.20. The Morgan fingerprint density at radius 2 is 1.95 bits per heavy atom. The molecule has 0 saturated heterocycles. The highest BCUT2D eigenvalue weighted by atomic mass is 32.2. The van der Waals surface area contributed by atoms with E-state index in [2.05, 4.69) is 21.5 Å². The minimum atomic E-state index is 0.806. The fourth-order valence-electron chi connectivity index (χ4n) is 1.97. The number of fused-ring (bicyclic) bond motifs is 1. The lowest BCUT2D eigenvalue weighted by molar-refractivity contribution is 0.612. The Balaban J connectivity index is 1.72. The van der Waals surface area contributed by atoms with Crippen LogP contribution < -0.4 is 5.32 Å². The van der Waals surface area contributed by atoms with E-state index >= 15 is 0 Å². The van der Waals surface area contributed by atoms with Crippen LogP contribution in [0.5, 0.6) is 0 Å². The molecule has 0 radical (unpaired) electrons. The molecular weight excluding hydrogens is 254 g/mol. The zero-order valence-electron chi connectivity index (χ0n) is 11.4. The van der Waals surface area contributed by atoms with E-state index in [0.717, 1.165) is 29.8 Å². The molecule has 1 N–H and O–H groups in total. The lowest BCUT2D eigenvalue weighted by Gasteiger charge is -2.05. The SMILES string of the molecule is CSCCCCCNCc1cnc2ccccc2n1. The molecule has 1 aromatic carbocycles. The molecule has 0 aliphatic heterocycles. The highest BCUT2D eigenvalue weighted by Crippen LogP contribution is 2.08. The maximum Gasteiger partial charge on any atom is 0.0890 e. The van der Waals surface area contributed by atoms with Gasteiger partial charge in [0.25, 0.3) is 0 Å². The summed E-state index contributed by atoms with van der Waals surface area (Å²) in [6.07, 6.45) is 7.89. The normalized spacial score (nSPS) is 11.0. The van der Waals surface area contributed by atoms with E-state index < -0.39 is 0 Å². The summed E-state index contributed by atoms with van der Waals surface area (Å²) in [6.45, 7) is 1.86. The Bertz CT molecular complexity index is 501. The van der Waals surface area contributed by atoms with Crippen molar-refractivity contribution in [2.45, 2.75) is 25.8 Å². The first kappa shape index (κ1) is 14.3. The molecule has 0 saturated carbocycles. The van der Waals surface area contributed by atoms with Crippen LogP contribution >= 0.6 is 11.8 Å². The number of para-hydroxylation sites is 2. The minimum absolute atomic E-state index is 0.806. The van der Waals surface area contributed by atoms with Crippen LogP contribution in [0.2, 0.25) is 0 Å². The summed E-state index contributed by atoms with van der Waals surface area (Å²) in [5.74, 6) is 1.27. The molecule has 2 aromatic rings. The predicted octanol–water partition coefficient (Wildman–Crippen LogP) is 3.25. The van der Waals surface area contributed by atoms with Crippen LogP contribution in [0.25, 0.3) is 11.0 Å². The number of hydrogen-bond donors (Lipinski definition) is 1. The van der Waals surface area contributed by atoms with Crippen LogP contribution in [0.3, 0.4) is 0 Å². The second-order valence-electron chi connectivity index (χ2n) is 4.58. The van der Waals surface area contributed by atoms with E-state index in [1.165, 1.54) is 25.0 Å². The smallest absolute Gasteiger partial charge is 0.0890 e. The Kier molecular flexibility index (Phi) is 6.11. The molecule has 0 aliphatic rings. The molecule has 0 amide bonds. The van der Waals surface area contributed by atoms with Crippen LogP contribution in [0, 0.1) is 0 Å². The summed E-state index contributed by atoms with van der Waals surface area (Å²) >= 11 is 1.92.